The zero-order valence-electron chi connectivity index (χ0n) is 1.98. The summed E-state index contributed by atoms with van der Waals surface area (Å²) in [6, 6.07) is 0. The first kappa shape index (κ1) is 4.27. The van der Waals surface area contributed by atoms with Crippen LogP contribution in [0.2, 0.25) is 0 Å². The van der Waals surface area contributed by atoms with Crippen LogP contribution >= 0.6 is 22.6 Å². The molecule has 0 aromatic rings. The van der Waals surface area contributed by atoms with Gasteiger partial charge in [0.05, 0.1) is 6.26 Å². The lowest BCUT2D eigenvalue weighted by atomic mass is 11.2. The minimum Gasteiger partial charge on any atom is -0.515 e. The van der Waals surface area contributed by atoms with Crippen LogP contribution in [-0.2, 0) is 0 Å². The smallest absolute Gasteiger partial charge is 0.0852 e. The molecule has 0 rings (SSSR count). The van der Waals surface area contributed by atoms with Crippen LogP contribution in [0.4, 0.5) is 0 Å². The zero-order chi connectivity index (χ0) is 3.41. The number of rotatable bonds is 0. The minimum atomic E-state index is 0.987. The molecule has 0 fully saturated rings. The molecular formula is C2H3IO. The van der Waals surface area contributed by atoms with E-state index in [0.717, 1.165) is 6.26 Å². The molecule has 0 unspecified atom stereocenters. The number of aliphatic hydroxyl groups excluding tert-OH is 1. The molecule has 0 radical (unpaired) electrons. The Bertz CT molecular complexity index is 21.2. The van der Waals surface area contributed by atoms with E-state index in [1.54, 1.807) is 0 Å². The third-order valence-electron chi connectivity index (χ3n) is 0.0563. The molecule has 0 saturated carbocycles. The van der Waals surface area contributed by atoms with Gasteiger partial charge < -0.3 is 5.11 Å². The average molecular weight is 170 g/mol. The maximum atomic E-state index is 7.69. The molecule has 0 bridgehead atoms. The Morgan fingerprint density at radius 1 is 1.75 bits per heavy atom. The van der Waals surface area contributed by atoms with Crippen molar-refractivity contribution in [1.29, 1.82) is 0 Å². The second kappa shape index (κ2) is 3.27. The lowest BCUT2D eigenvalue weighted by molar-refractivity contribution is 0.475. The molecule has 2 heteroatoms. The maximum Gasteiger partial charge on any atom is 0.0852 e. The second-order valence-corrected chi connectivity index (χ2v) is 0.994. The lowest BCUT2D eigenvalue weighted by Crippen LogP contribution is -1.31. The van der Waals surface area contributed by atoms with Gasteiger partial charge in [-0.05, 0) is 22.6 Å². The molecule has 24 valence electrons. The minimum absolute atomic E-state index is 0.987. The van der Waals surface area contributed by atoms with Crippen molar-refractivity contribution in [2.45, 2.75) is 0 Å². The Balaban J connectivity index is 2.55. The van der Waals surface area contributed by atoms with Crippen molar-refractivity contribution >= 4 is 22.6 Å². The molecule has 0 heterocycles. The third-order valence-corrected chi connectivity index (χ3v) is 0.378. The first-order valence-electron chi connectivity index (χ1n) is 0.810. The predicted molar refractivity (Wildman–Crippen MR) is 25.8 cm³/mol. The maximum absolute atomic E-state index is 7.69. The fourth-order valence-electron chi connectivity index (χ4n) is 0. The number of halogens is 1. The summed E-state index contributed by atoms with van der Waals surface area (Å²) in [6.07, 6.45) is 0.987. The molecule has 0 aromatic carbocycles. The van der Waals surface area contributed by atoms with Gasteiger partial charge in [-0.2, -0.15) is 0 Å². The standard InChI is InChI=1S/C2H3IO/c3-1-2-4/h1-2,4H/b2-1-. The number of hydrogen-bond donors (Lipinski definition) is 1. The predicted octanol–water partition coefficient (Wildman–Crippen LogP) is 1.45. The second-order valence-electron chi connectivity index (χ2n) is 0.275. The van der Waals surface area contributed by atoms with Crippen molar-refractivity contribution in [2.24, 2.45) is 0 Å². The Labute approximate surface area is 38.5 Å². The Morgan fingerprint density at radius 2 is 2.00 bits per heavy atom. The molecule has 0 aliphatic carbocycles. The van der Waals surface area contributed by atoms with E-state index in [-0.39, 0.29) is 0 Å². The van der Waals surface area contributed by atoms with Crippen molar-refractivity contribution < 1.29 is 5.11 Å². The van der Waals surface area contributed by atoms with E-state index in [9.17, 15) is 0 Å². The van der Waals surface area contributed by atoms with Gasteiger partial charge in [-0.25, -0.2) is 0 Å². The third kappa shape index (κ3) is 2.27. The first-order chi connectivity index (χ1) is 1.91. The van der Waals surface area contributed by atoms with E-state index in [1.807, 2.05) is 22.6 Å². The highest BCUT2D eigenvalue weighted by molar-refractivity contribution is 14.1. The molecule has 0 aliphatic heterocycles. The van der Waals surface area contributed by atoms with Gasteiger partial charge in [0.15, 0.2) is 0 Å². The van der Waals surface area contributed by atoms with E-state index >= 15 is 0 Å². The van der Waals surface area contributed by atoms with Crippen molar-refractivity contribution in [3.8, 4) is 0 Å². The van der Waals surface area contributed by atoms with Crippen LogP contribution in [0.25, 0.3) is 0 Å². The van der Waals surface area contributed by atoms with Crippen molar-refractivity contribution in [3.63, 3.8) is 0 Å². The summed E-state index contributed by atoms with van der Waals surface area (Å²) in [4.78, 5) is 0. The normalized spacial score (nSPS) is 9.25. The van der Waals surface area contributed by atoms with Crippen molar-refractivity contribution in [2.75, 3.05) is 0 Å². The van der Waals surface area contributed by atoms with Crippen LogP contribution < -0.4 is 0 Å². The Kier molecular flexibility index (Phi) is 3.49. The highest BCUT2D eigenvalue weighted by atomic mass is 127. The SMILES string of the molecule is O/C=C\I. The number of hydrogen-bond acceptors (Lipinski definition) is 1. The van der Waals surface area contributed by atoms with Gasteiger partial charge >= 0.3 is 0 Å². The Morgan fingerprint density at radius 3 is 2.00 bits per heavy atom. The van der Waals surface area contributed by atoms with Crippen molar-refractivity contribution in [1.82, 2.24) is 0 Å². The van der Waals surface area contributed by atoms with E-state index in [0.29, 0.717) is 0 Å². The molecule has 0 aromatic heterocycles. The molecule has 0 amide bonds. The molecule has 4 heavy (non-hydrogen) atoms. The summed E-state index contributed by atoms with van der Waals surface area (Å²) in [6.45, 7) is 0. The summed E-state index contributed by atoms with van der Waals surface area (Å²) in [5.41, 5.74) is 0. The van der Waals surface area contributed by atoms with Gasteiger partial charge in [-0.1, -0.05) is 0 Å². The molecule has 0 saturated heterocycles. The van der Waals surface area contributed by atoms with Gasteiger partial charge in [0.2, 0.25) is 0 Å². The van der Waals surface area contributed by atoms with Crippen LogP contribution in [0.15, 0.2) is 10.3 Å². The topological polar surface area (TPSA) is 20.2 Å². The van der Waals surface area contributed by atoms with E-state index in [1.165, 1.54) is 4.08 Å². The van der Waals surface area contributed by atoms with Gasteiger partial charge in [-0.15, -0.1) is 0 Å². The van der Waals surface area contributed by atoms with Gasteiger partial charge in [-0.3, -0.25) is 0 Å². The summed E-state index contributed by atoms with van der Waals surface area (Å²) >= 11 is 1.92. The summed E-state index contributed by atoms with van der Waals surface area (Å²) < 4.78 is 1.53. The van der Waals surface area contributed by atoms with Crippen LogP contribution in [0.5, 0.6) is 0 Å². The fraction of sp³-hybridized carbons (Fsp3) is 0. The highest BCUT2D eigenvalue weighted by Gasteiger charge is 1.37. The zero-order valence-corrected chi connectivity index (χ0v) is 4.14. The van der Waals surface area contributed by atoms with Crippen LogP contribution in [0, 0.1) is 0 Å². The molecule has 1 N–H and O–H groups in total. The van der Waals surface area contributed by atoms with E-state index in [4.69, 9.17) is 5.11 Å². The molecule has 1 nitrogen and oxygen atoms in total. The number of aliphatic hydroxyl groups is 1. The van der Waals surface area contributed by atoms with Gasteiger partial charge in [0.1, 0.15) is 0 Å². The summed E-state index contributed by atoms with van der Waals surface area (Å²) in [5.74, 6) is 0. The average Bonchev–Trinajstić information content (AvgIpc) is 1.37. The molecule has 0 aliphatic rings. The van der Waals surface area contributed by atoms with Gasteiger partial charge in [0, 0.05) is 4.08 Å². The lowest BCUT2D eigenvalue weighted by Gasteiger charge is -1.51. The molecular weight excluding hydrogens is 167 g/mol. The van der Waals surface area contributed by atoms with Crippen LogP contribution in [0.3, 0.4) is 0 Å². The van der Waals surface area contributed by atoms with E-state index in [2.05, 4.69) is 0 Å². The summed E-state index contributed by atoms with van der Waals surface area (Å²) in [7, 11) is 0. The quantitative estimate of drug-likeness (QED) is 0.430. The molecule has 0 spiro atoms. The van der Waals surface area contributed by atoms with Crippen LogP contribution in [0.1, 0.15) is 0 Å². The monoisotopic (exact) mass is 170 g/mol. The van der Waals surface area contributed by atoms with Gasteiger partial charge in [0.25, 0.3) is 0 Å². The first-order valence-corrected chi connectivity index (χ1v) is 2.06. The highest BCUT2D eigenvalue weighted by Crippen LogP contribution is 1.76. The Hall–Kier alpha value is 0.270. The van der Waals surface area contributed by atoms with E-state index < -0.39 is 0 Å². The van der Waals surface area contributed by atoms with Crippen molar-refractivity contribution in [3.05, 3.63) is 10.3 Å². The van der Waals surface area contributed by atoms with Crippen LogP contribution in [-0.4, -0.2) is 5.11 Å². The molecule has 0 atom stereocenters. The fourth-order valence-corrected chi connectivity index (χ4v) is 0. The largest absolute Gasteiger partial charge is 0.515 e. The summed E-state index contributed by atoms with van der Waals surface area (Å²) in [5, 5.41) is 7.69.